The lowest BCUT2D eigenvalue weighted by Gasteiger charge is -2.13. The Morgan fingerprint density at radius 2 is 2.04 bits per heavy atom. The molecule has 24 heavy (non-hydrogen) atoms. The quantitative estimate of drug-likeness (QED) is 0.794. The van der Waals surface area contributed by atoms with Crippen LogP contribution in [0, 0.1) is 0 Å². The van der Waals surface area contributed by atoms with Crippen molar-refractivity contribution in [1.82, 2.24) is 10.3 Å². The summed E-state index contributed by atoms with van der Waals surface area (Å²) >= 11 is 1.49. The first-order chi connectivity index (χ1) is 11.4. The van der Waals surface area contributed by atoms with Gasteiger partial charge in [0.2, 0.25) is 0 Å². The number of carbonyl (C=O) groups excluding carboxylic acids is 1. The number of hydrogen-bond donors (Lipinski definition) is 1. The van der Waals surface area contributed by atoms with Gasteiger partial charge in [0.1, 0.15) is 5.75 Å². The Hall–Kier alpha value is -2.22. The Kier molecular flexibility index (Phi) is 6.08. The minimum Gasteiger partial charge on any atom is -0.405 e. The Morgan fingerprint density at radius 1 is 1.29 bits per heavy atom. The van der Waals surface area contributed by atoms with E-state index in [1.54, 1.807) is 18.2 Å². The van der Waals surface area contributed by atoms with Gasteiger partial charge in [-0.05, 0) is 24.0 Å². The average Bonchev–Trinajstić information content (AvgIpc) is 2.53. The van der Waals surface area contributed by atoms with Crippen LogP contribution in [0.15, 0.2) is 47.6 Å². The van der Waals surface area contributed by atoms with Crippen LogP contribution in [0.5, 0.6) is 5.75 Å². The Balaban J connectivity index is 2.05. The molecular weight excluding hydrogens is 341 g/mol. The summed E-state index contributed by atoms with van der Waals surface area (Å²) in [6.45, 7) is 1.89. The molecule has 0 atom stereocenters. The molecule has 128 valence electrons. The SMILES string of the molecule is CCSc1cc(C(=O)NCc2ccccc2OC(F)(F)F)ccn1. The van der Waals surface area contributed by atoms with Crippen molar-refractivity contribution in [3.63, 3.8) is 0 Å². The molecule has 1 heterocycles. The molecule has 0 saturated carbocycles. The molecule has 0 aliphatic rings. The molecule has 2 aromatic rings. The van der Waals surface area contributed by atoms with E-state index in [0.717, 1.165) is 5.75 Å². The van der Waals surface area contributed by atoms with Crippen molar-refractivity contribution in [2.75, 3.05) is 5.75 Å². The van der Waals surface area contributed by atoms with Crippen LogP contribution < -0.4 is 10.1 Å². The molecular formula is C16H15F3N2O2S. The van der Waals surface area contributed by atoms with Crippen molar-refractivity contribution >= 4 is 17.7 Å². The van der Waals surface area contributed by atoms with Crippen LogP contribution in [0.2, 0.25) is 0 Å². The van der Waals surface area contributed by atoms with Crippen molar-refractivity contribution < 1.29 is 22.7 Å². The van der Waals surface area contributed by atoms with E-state index in [4.69, 9.17) is 0 Å². The highest BCUT2D eigenvalue weighted by Gasteiger charge is 2.31. The first kappa shape index (κ1) is 18.1. The van der Waals surface area contributed by atoms with Crippen LogP contribution in [0.3, 0.4) is 0 Å². The van der Waals surface area contributed by atoms with Crippen molar-refractivity contribution in [1.29, 1.82) is 0 Å². The zero-order valence-corrected chi connectivity index (χ0v) is 13.6. The summed E-state index contributed by atoms with van der Waals surface area (Å²) in [4.78, 5) is 16.3. The summed E-state index contributed by atoms with van der Waals surface area (Å²) in [5.74, 6) is 0.0969. The fourth-order valence-electron chi connectivity index (χ4n) is 1.93. The van der Waals surface area contributed by atoms with Crippen molar-refractivity contribution in [2.45, 2.75) is 24.9 Å². The minimum absolute atomic E-state index is 0.0797. The maximum Gasteiger partial charge on any atom is 0.573 e. The summed E-state index contributed by atoms with van der Waals surface area (Å²) in [6.07, 6.45) is -3.26. The molecule has 0 saturated heterocycles. The van der Waals surface area contributed by atoms with Crippen LogP contribution in [0.25, 0.3) is 0 Å². The monoisotopic (exact) mass is 356 g/mol. The number of para-hydroxylation sites is 1. The number of nitrogens with zero attached hydrogens (tertiary/aromatic N) is 1. The zero-order chi connectivity index (χ0) is 17.6. The standard InChI is InChI=1S/C16H15F3N2O2S/c1-2-24-14-9-11(7-8-20-14)15(22)21-10-12-5-3-4-6-13(12)23-16(17,18)19/h3-9H,2,10H2,1H3,(H,21,22). The lowest BCUT2D eigenvalue weighted by molar-refractivity contribution is -0.274. The molecule has 2 rings (SSSR count). The second-order valence-corrected chi connectivity index (χ2v) is 5.94. The highest BCUT2D eigenvalue weighted by Crippen LogP contribution is 2.26. The number of halogens is 3. The van der Waals surface area contributed by atoms with E-state index in [9.17, 15) is 18.0 Å². The third-order valence-electron chi connectivity index (χ3n) is 2.93. The molecule has 0 bridgehead atoms. The molecule has 0 aliphatic carbocycles. The summed E-state index contributed by atoms with van der Waals surface area (Å²) < 4.78 is 41.1. The van der Waals surface area contributed by atoms with Crippen molar-refractivity contribution in [3.8, 4) is 5.75 Å². The molecule has 8 heteroatoms. The number of aromatic nitrogens is 1. The molecule has 1 amide bonds. The first-order valence-electron chi connectivity index (χ1n) is 7.09. The zero-order valence-electron chi connectivity index (χ0n) is 12.8. The number of ether oxygens (including phenoxy) is 1. The summed E-state index contributed by atoms with van der Waals surface area (Å²) in [5, 5.41) is 3.30. The van der Waals surface area contributed by atoms with Gasteiger partial charge in [-0.2, -0.15) is 0 Å². The van der Waals surface area contributed by atoms with E-state index in [2.05, 4.69) is 15.0 Å². The van der Waals surface area contributed by atoms with Gasteiger partial charge in [-0.3, -0.25) is 4.79 Å². The van der Waals surface area contributed by atoms with Gasteiger partial charge in [0.05, 0.1) is 5.03 Å². The maximum atomic E-state index is 12.4. The fraction of sp³-hybridized carbons (Fsp3) is 0.250. The molecule has 4 nitrogen and oxygen atoms in total. The lowest BCUT2D eigenvalue weighted by Crippen LogP contribution is -2.24. The number of pyridine rings is 1. The van der Waals surface area contributed by atoms with E-state index < -0.39 is 12.3 Å². The van der Waals surface area contributed by atoms with Crippen LogP contribution >= 0.6 is 11.8 Å². The second kappa shape index (κ2) is 8.05. The molecule has 0 radical (unpaired) electrons. The van der Waals surface area contributed by atoms with Crippen molar-refractivity contribution in [2.24, 2.45) is 0 Å². The number of thioether (sulfide) groups is 1. The summed E-state index contributed by atoms with van der Waals surface area (Å²) in [5.41, 5.74) is 0.635. The molecule has 1 aromatic heterocycles. The Labute approximate surface area is 141 Å². The van der Waals surface area contributed by atoms with Crippen LogP contribution in [-0.2, 0) is 6.54 Å². The van der Waals surface area contributed by atoms with Gasteiger partial charge in [-0.15, -0.1) is 24.9 Å². The third-order valence-corrected chi connectivity index (χ3v) is 3.73. The van der Waals surface area contributed by atoms with Gasteiger partial charge < -0.3 is 10.1 Å². The predicted octanol–water partition coefficient (Wildman–Crippen LogP) is 4.02. The van der Waals surface area contributed by atoms with E-state index >= 15 is 0 Å². The van der Waals surface area contributed by atoms with Crippen LogP contribution in [-0.4, -0.2) is 23.0 Å². The van der Waals surface area contributed by atoms with Gasteiger partial charge >= 0.3 is 6.36 Å². The third kappa shape index (κ3) is 5.45. The van der Waals surface area contributed by atoms with E-state index in [-0.39, 0.29) is 17.9 Å². The number of carbonyl (C=O) groups is 1. The van der Waals surface area contributed by atoms with Gasteiger partial charge in [-0.25, -0.2) is 4.98 Å². The topological polar surface area (TPSA) is 51.2 Å². The van der Waals surface area contributed by atoms with Crippen LogP contribution in [0.4, 0.5) is 13.2 Å². The number of nitrogens with one attached hydrogen (secondary N) is 1. The van der Waals surface area contributed by atoms with E-state index in [1.165, 1.54) is 36.2 Å². The lowest BCUT2D eigenvalue weighted by atomic mass is 10.2. The van der Waals surface area contributed by atoms with E-state index in [1.807, 2.05) is 6.92 Å². The van der Waals surface area contributed by atoms with Gasteiger partial charge in [0.15, 0.2) is 0 Å². The molecule has 0 fully saturated rings. The van der Waals surface area contributed by atoms with Gasteiger partial charge in [0.25, 0.3) is 5.91 Å². The minimum atomic E-state index is -4.78. The number of alkyl halides is 3. The fourth-order valence-corrected chi connectivity index (χ4v) is 2.57. The van der Waals surface area contributed by atoms with Crippen LogP contribution in [0.1, 0.15) is 22.8 Å². The molecule has 0 aliphatic heterocycles. The van der Waals surface area contributed by atoms with Gasteiger partial charge in [-0.1, -0.05) is 25.1 Å². The summed E-state index contributed by atoms with van der Waals surface area (Å²) in [7, 11) is 0. The highest BCUT2D eigenvalue weighted by atomic mass is 32.2. The summed E-state index contributed by atoms with van der Waals surface area (Å²) in [6, 6.07) is 8.87. The number of benzene rings is 1. The van der Waals surface area contributed by atoms with Crippen molar-refractivity contribution in [3.05, 3.63) is 53.7 Å². The number of rotatable bonds is 6. The Bertz CT molecular complexity index is 708. The average molecular weight is 356 g/mol. The molecule has 1 aromatic carbocycles. The Morgan fingerprint density at radius 3 is 2.75 bits per heavy atom. The number of hydrogen-bond acceptors (Lipinski definition) is 4. The smallest absolute Gasteiger partial charge is 0.405 e. The largest absolute Gasteiger partial charge is 0.573 e. The second-order valence-electron chi connectivity index (χ2n) is 4.65. The molecule has 0 unspecified atom stereocenters. The number of amides is 1. The normalized spacial score (nSPS) is 11.2. The maximum absolute atomic E-state index is 12.4. The van der Waals surface area contributed by atoms with E-state index in [0.29, 0.717) is 10.6 Å². The molecule has 0 spiro atoms. The van der Waals surface area contributed by atoms with Gasteiger partial charge in [0, 0.05) is 23.9 Å². The first-order valence-corrected chi connectivity index (χ1v) is 8.08. The molecule has 1 N–H and O–H groups in total. The predicted molar refractivity (Wildman–Crippen MR) is 84.9 cm³/mol. The highest BCUT2D eigenvalue weighted by molar-refractivity contribution is 7.99.